The maximum absolute atomic E-state index is 8.79. The lowest BCUT2D eigenvalue weighted by Gasteiger charge is -2.16. The Bertz CT molecular complexity index is 513. The summed E-state index contributed by atoms with van der Waals surface area (Å²) < 4.78 is 11.2. The summed E-state index contributed by atoms with van der Waals surface area (Å²) in [6.45, 7) is 1.20. The number of rotatable bonds is 8. The van der Waals surface area contributed by atoms with Crippen molar-refractivity contribution in [2.75, 3.05) is 19.8 Å². The maximum Gasteiger partial charge on any atom is 0.119 e. The molecule has 0 aliphatic carbocycles. The second kappa shape index (κ2) is 8.42. The summed E-state index contributed by atoms with van der Waals surface area (Å²) in [5.41, 5.74) is 7.80. The van der Waals surface area contributed by atoms with Gasteiger partial charge in [-0.3, -0.25) is 0 Å². The third kappa shape index (κ3) is 4.86. The Kier molecular flexibility index (Phi) is 6.22. The topological polar surface area (TPSA) is 64.7 Å². The minimum Gasteiger partial charge on any atom is -0.489 e. The molecule has 0 saturated carbocycles. The van der Waals surface area contributed by atoms with Crippen molar-refractivity contribution in [1.29, 1.82) is 0 Å². The van der Waals surface area contributed by atoms with Crippen molar-refractivity contribution in [2.24, 2.45) is 5.73 Å². The van der Waals surface area contributed by atoms with Crippen LogP contribution in [0.3, 0.4) is 0 Å². The van der Waals surface area contributed by atoms with Crippen LogP contribution in [0.4, 0.5) is 0 Å². The minimum atomic E-state index is -0.194. The van der Waals surface area contributed by atoms with Crippen LogP contribution in [0.25, 0.3) is 0 Å². The zero-order valence-corrected chi connectivity index (χ0v) is 11.9. The summed E-state index contributed by atoms with van der Waals surface area (Å²) in [5.74, 6) is 0.806. The standard InChI is InChI=1S/C17H21NO3/c18-12-17(20-11-10-19)15-6-8-16(9-7-15)21-13-14-4-2-1-3-5-14/h1-9,17,19H,10-13,18H2. The second-order valence-corrected chi connectivity index (χ2v) is 4.66. The van der Waals surface area contributed by atoms with Gasteiger partial charge in [-0.15, -0.1) is 0 Å². The molecule has 0 aromatic heterocycles. The van der Waals surface area contributed by atoms with Crippen LogP contribution in [-0.4, -0.2) is 24.9 Å². The van der Waals surface area contributed by atoms with E-state index in [1.807, 2.05) is 54.6 Å². The van der Waals surface area contributed by atoms with Gasteiger partial charge in [0.05, 0.1) is 19.3 Å². The summed E-state index contributed by atoms with van der Waals surface area (Å²) in [4.78, 5) is 0. The highest BCUT2D eigenvalue weighted by molar-refractivity contribution is 5.29. The van der Waals surface area contributed by atoms with E-state index in [9.17, 15) is 0 Å². The number of aliphatic hydroxyl groups excluding tert-OH is 1. The number of ether oxygens (including phenoxy) is 2. The molecule has 1 unspecified atom stereocenters. The Morgan fingerprint density at radius 3 is 2.33 bits per heavy atom. The molecule has 0 aliphatic heterocycles. The first-order chi connectivity index (χ1) is 10.3. The lowest BCUT2D eigenvalue weighted by molar-refractivity contribution is 0.0328. The molecule has 0 saturated heterocycles. The lowest BCUT2D eigenvalue weighted by Crippen LogP contribution is -2.17. The molecule has 0 amide bonds. The zero-order chi connectivity index (χ0) is 14.9. The number of aliphatic hydroxyl groups is 1. The largest absolute Gasteiger partial charge is 0.489 e. The van der Waals surface area contributed by atoms with Crippen LogP contribution in [0, 0.1) is 0 Å². The zero-order valence-electron chi connectivity index (χ0n) is 11.9. The van der Waals surface area contributed by atoms with E-state index in [2.05, 4.69) is 0 Å². The smallest absolute Gasteiger partial charge is 0.119 e. The van der Waals surface area contributed by atoms with Crippen LogP contribution in [0.15, 0.2) is 54.6 Å². The van der Waals surface area contributed by atoms with Crippen molar-refractivity contribution in [3.63, 3.8) is 0 Å². The van der Waals surface area contributed by atoms with Crippen molar-refractivity contribution in [3.05, 3.63) is 65.7 Å². The maximum atomic E-state index is 8.79. The van der Waals surface area contributed by atoms with Crippen LogP contribution in [0.2, 0.25) is 0 Å². The van der Waals surface area contributed by atoms with Crippen LogP contribution in [-0.2, 0) is 11.3 Å². The van der Waals surface area contributed by atoms with E-state index in [-0.39, 0.29) is 19.3 Å². The van der Waals surface area contributed by atoms with Crippen molar-refractivity contribution in [1.82, 2.24) is 0 Å². The van der Waals surface area contributed by atoms with Crippen LogP contribution in [0.1, 0.15) is 17.2 Å². The number of nitrogens with two attached hydrogens (primary N) is 1. The van der Waals surface area contributed by atoms with Gasteiger partial charge < -0.3 is 20.3 Å². The second-order valence-electron chi connectivity index (χ2n) is 4.66. The first kappa shape index (κ1) is 15.5. The highest BCUT2D eigenvalue weighted by atomic mass is 16.5. The average Bonchev–Trinajstić information content (AvgIpc) is 2.56. The first-order valence-electron chi connectivity index (χ1n) is 7.02. The van der Waals surface area contributed by atoms with E-state index < -0.39 is 0 Å². The van der Waals surface area contributed by atoms with Crippen molar-refractivity contribution in [3.8, 4) is 5.75 Å². The predicted octanol–water partition coefficient (Wildman–Crippen LogP) is 2.27. The summed E-state index contributed by atoms with van der Waals surface area (Å²) in [6, 6.07) is 17.7. The van der Waals surface area contributed by atoms with Gasteiger partial charge in [0, 0.05) is 6.54 Å². The van der Waals surface area contributed by atoms with Crippen LogP contribution >= 0.6 is 0 Å². The molecule has 0 spiro atoms. The molecular formula is C17H21NO3. The summed E-state index contributed by atoms with van der Waals surface area (Å²) >= 11 is 0. The molecular weight excluding hydrogens is 266 g/mol. The Labute approximate surface area is 125 Å². The summed E-state index contributed by atoms with van der Waals surface area (Å²) in [6.07, 6.45) is -0.194. The first-order valence-corrected chi connectivity index (χ1v) is 7.02. The van der Waals surface area contributed by atoms with E-state index >= 15 is 0 Å². The molecule has 0 heterocycles. The van der Waals surface area contributed by atoms with Gasteiger partial charge in [0.15, 0.2) is 0 Å². The van der Waals surface area contributed by atoms with Crippen molar-refractivity contribution >= 4 is 0 Å². The molecule has 2 aromatic carbocycles. The summed E-state index contributed by atoms with van der Waals surface area (Å²) in [5, 5.41) is 8.79. The normalized spacial score (nSPS) is 12.1. The van der Waals surface area contributed by atoms with Gasteiger partial charge >= 0.3 is 0 Å². The molecule has 2 rings (SSSR count). The lowest BCUT2D eigenvalue weighted by atomic mass is 10.1. The van der Waals surface area contributed by atoms with E-state index in [0.717, 1.165) is 16.9 Å². The highest BCUT2D eigenvalue weighted by Crippen LogP contribution is 2.20. The van der Waals surface area contributed by atoms with E-state index in [4.69, 9.17) is 20.3 Å². The number of hydrogen-bond donors (Lipinski definition) is 2. The van der Waals surface area contributed by atoms with Crippen molar-refractivity contribution < 1.29 is 14.6 Å². The van der Waals surface area contributed by atoms with Gasteiger partial charge in [-0.2, -0.15) is 0 Å². The van der Waals surface area contributed by atoms with Gasteiger partial charge in [-0.05, 0) is 23.3 Å². The van der Waals surface area contributed by atoms with Gasteiger partial charge in [-0.1, -0.05) is 42.5 Å². The fraction of sp³-hybridized carbons (Fsp3) is 0.294. The minimum absolute atomic E-state index is 0.00519. The molecule has 21 heavy (non-hydrogen) atoms. The SMILES string of the molecule is NCC(OCCO)c1ccc(OCc2ccccc2)cc1. The molecule has 0 bridgehead atoms. The highest BCUT2D eigenvalue weighted by Gasteiger charge is 2.09. The quantitative estimate of drug-likeness (QED) is 0.782. The van der Waals surface area contributed by atoms with Gasteiger partial charge in [0.2, 0.25) is 0 Å². The molecule has 0 radical (unpaired) electrons. The van der Waals surface area contributed by atoms with Crippen LogP contribution in [0.5, 0.6) is 5.75 Å². The summed E-state index contributed by atoms with van der Waals surface area (Å²) in [7, 11) is 0. The fourth-order valence-electron chi connectivity index (χ4n) is 2.01. The average molecular weight is 287 g/mol. The van der Waals surface area contributed by atoms with E-state index in [0.29, 0.717) is 13.2 Å². The van der Waals surface area contributed by atoms with Crippen LogP contribution < -0.4 is 10.5 Å². The number of hydrogen-bond acceptors (Lipinski definition) is 4. The number of benzene rings is 2. The van der Waals surface area contributed by atoms with Crippen molar-refractivity contribution in [2.45, 2.75) is 12.7 Å². The Hall–Kier alpha value is -1.88. The molecule has 0 aliphatic rings. The van der Waals surface area contributed by atoms with E-state index in [1.165, 1.54) is 0 Å². The van der Waals surface area contributed by atoms with Gasteiger partial charge in [0.1, 0.15) is 12.4 Å². The molecule has 4 nitrogen and oxygen atoms in total. The monoisotopic (exact) mass is 287 g/mol. The molecule has 112 valence electrons. The Morgan fingerprint density at radius 2 is 1.71 bits per heavy atom. The Morgan fingerprint density at radius 1 is 1.00 bits per heavy atom. The van der Waals surface area contributed by atoms with Gasteiger partial charge in [0.25, 0.3) is 0 Å². The molecule has 4 heteroatoms. The third-order valence-electron chi connectivity index (χ3n) is 3.12. The molecule has 0 fully saturated rings. The third-order valence-corrected chi connectivity index (χ3v) is 3.12. The molecule has 1 atom stereocenters. The van der Waals surface area contributed by atoms with E-state index in [1.54, 1.807) is 0 Å². The fourth-order valence-corrected chi connectivity index (χ4v) is 2.01. The molecule has 2 aromatic rings. The molecule has 3 N–H and O–H groups in total. The predicted molar refractivity (Wildman–Crippen MR) is 82.0 cm³/mol. The Balaban J connectivity index is 1.92. The van der Waals surface area contributed by atoms with Gasteiger partial charge in [-0.25, -0.2) is 0 Å².